The van der Waals surface area contributed by atoms with Crippen molar-refractivity contribution in [3.63, 3.8) is 0 Å². The lowest BCUT2D eigenvalue weighted by Crippen LogP contribution is -2.27. The minimum atomic E-state index is -0.170. The highest BCUT2D eigenvalue weighted by Crippen LogP contribution is 2.22. The Morgan fingerprint density at radius 2 is 2.35 bits per heavy atom. The van der Waals surface area contributed by atoms with E-state index in [1.807, 2.05) is 0 Å². The molecule has 0 spiro atoms. The minimum Gasteiger partial charge on any atom is -0.497 e. The first kappa shape index (κ1) is 14.4. The van der Waals surface area contributed by atoms with E-state index in [9.17, 15) is 4.79 Å². The van der Waals surface area contributed by atoms with Gasteiger partial charge in [0.1, 0.15) is 5.75 Å². The predicted molar refractivity (Wildman–Crippen MR) is 79.7 cm³/mol. The number of hydrogen-bond acceptors (Lipinski definition) is 4. The molecule has 6 nitrogen and oxygen atoms in total. The molecule has 0 aliphatic heterocycles. The average Bonchev–Trinajstić information content (AvgIpc) is 2.85. The molecular weight excluding hydrogens is 324 g/mol. The maximum absolute atomic E-state index is 12.1. The van der Waals surface area contributed by atoms with Gasteiger partial charge < -0.3 is 15.8 Å². The van der Waals surface area contributed by atoms with Crippen LogP contribution >= 0.6 is 15.9 Å². The average molecular weight is 339 g/mol. The van der Waals surface area contributed by atoms with E-state index < -0.39 is 0 Å². The van der Waals surface area contributed by atoms with Crippen LogP contribution in [0.4, 0.5) is 5.69 Å². The minimum absolute atomic E-state index is 0.170. The zero-order chi connectivity index (χ0) is 14.5. The predicted octanol–water partition coefficient (Wildman–Crippen LogP) is 1.67. The van der Waals surface area contributed by atoms with Crippen molar-refractivity contribution in [1.29, 1.82) is 0 Å². The summed E-state index contributed by atoms with van der Waals surface area (Å²) in [5, 5.41) is 6.86. The quantitative estimate of drug-likeness (QED) is 0.868. The summed E-state index contributed by atoms with van der Waals surface area (Å²) in [6.07, 6.45) is 3.29. The summed E-state index contributed by atoms with van der Waals surface area (Å²) in [4.78, 5) is 12.1. The van der Waals surface area contributed by atoms with Crippen molar-refractivity contribution in [2.45, 2.75) is 6.54 Å². The van der Waals surface area contributed by atoms with E-state index in [1.165, 1.54) is 0 Å². The molecule has 0 radical (unpaired) electrons. The zero-order valence-corrected chi connectivity index (χ0v) is 12.6. The maximum atomic E-state index is 12.1. The van der Waals surface area contributed by atoms with Crippen molar-refractivity contribution >= 4 is 27.5 Å². The van der Waals surface area contributed by atoms with E-state index in [2.05, 4.69) is 26.3 Å². The molecule has 2 aromatic rings. The molecule has 0 atom stereocenters. The number of carbonyl (C=O) groups is 1. The number of amides is 1. The molecule has 106 valence electrons. The smallest absolute Gasteiger partial charge is 0.252 e. The molecule has 0 fully saturated rings. The number of ether oxygens (including phenoxy) is 1. The molecule has 0 aliphatic rings. The number of nitrogens with one attached hydrogen (secondary N) is 1. The van der Waals surface area contributed by atoms with Crippen LogP contribution in [0.1, 0.15) is 10.4 Å². The van der Waals surface area contributed by atoms with Crippen molar-refractivity contribution in [1.82, 2.24) is 15.1 Å². The fourth-order valence-corrected chi connectivity index (χ4v) is 2.11. The molecule has 0 saturated heterocycles. The second-order valence-electron chi connectivity index (χ2n) is 4.14. The van der Waals surface area contributed by atoms with Crippen molar-refractivity contribution in [3.05, 3.63) is 40.6 Å². The normalized spacial score (nSPS) is 10.3. The first-order valence-corrected chi connectivity index (χ1v) is 6.79. The second kappa shape index (κ2) is 6.42. The Morgan fingerprint density at radius 1 is 1.55 bits per heavy atom. The second-order valence-corrected chi connectivity index (χ2v) is 4.99. The highest BCUT2D eigenvalue weighted by Gasteiger charge is 2.10. The first-order chi connectivity index (χ1) is 9.60. The van der Waals surface area contributed by atoms with Crippen molar-refractivity contribution in [2.75, 3.05) is 19.4 Å². The third-order valence-corrected chi connectivity index (χ3v) is 3.39. The van der Waals surface area contributed by atoms with E-state index in [1.54, 1.807) is 42.4 Å². The number of carbonyl (C=O) groups excluding carboxylic acids is 1. The topological polar surface area (TPSA) is 82.2 Å². The van der Waals surface area contributed by atoms with Crippen molar-refractivity contribution in [3.8, 4) is 5.75 Å². The first-order valence-electron chi connectivity index (χ1n) is 6.00. The van der Waals surface area contributed by atoms with Crippen LogP contribution in [0, 0.1) is 0 Å². The molecule has 20 heavy (non-hydrogen) atoms. The molecule has 3 N–H and O–H groups in total. The summed E-state index contributed by atoms with van der Waals surface area (Å²) < 4.78 is 7.51. The Labute approximate surface area is 125 Å². The Balaban J connectivity index is 1.94. The number of nitrogen functional groups attached to an aromatic ring is 1. The Morgan fingerprint density at radius 3 is 3.00 bits per heavy atom. The molecule has 1 amide bonds. The lowest BCUT2D eigenvalue weighted by Gasteiger charge is -2.08. The maximum Gasteiger partial charge on any atom is 0.252 e. The van der Waals surface area contributed by atoms with E-state index in [0.717, 1.165) is 4.47 Å². The third-order valence-electron chi connectivity index (χ3n) is 2.70. The molecule has 1 aromatic carbocycles. The molecule has 0 saturated carbocycles. The molecule has 0 bridgehead atoms. The zero-order valence-electron chi connectivity index (χ0n) is 11.0. The van der Waals surface area contributed by atoms with Gasteiger partial charge in [0, 0.05) is 17.2 Å². The van der Waals surface area contributed by atoms with Gasteiger partial charge in [0.2, 0.25) is 0 Å². The number of nitrogens with two attached hydrogens (primary N) is 1. The van der Waals surface area contributed by atoms with Gasteiger partial charge in [-0.3, -0.25) is 9.48 Å². The van der Waals surface area contributed by atoms with Crippen molar-refractivity contribution in [2.24, 2.45) is 0 Å². The van der Waals surface area contributed by atoms with Gasteiger partial charge in [0.15, 0.2) is 0 Å². The van der Waals surface area contributed by atoms with Gasteiger partial charge in [-0.1, -0.05) is 0 Å². The van der Waals surface area contributed by atoms with E-state index in [-0.39, 0.29) is 5.91 Å². The van der Waals surface area contributed by atoms with Crippen LogP contribution in [0.15, 0.2) is 35.1 Å². The lowest BCUT2D eigenvalue weighted by molar-refractivity contribution is 0.0951. The van der Waals surface area contributed by atoms with Gasteiger partial charge in [0.05, 0.1) is 31.1 Å². The van der Waals surface area contributed by atoms with Crippen LogP contribution < -0.4 is 15.8 Å². The lowest BCUT2D eigenvalue weighted by atomic mass is 10.2. The van der Waals surface area contributed by atoms with Crippen LogP contribution in [-0.2, 0) is 6.54 Å². The number of anilines is 1. The van der Waals surface area contributed by atoms with Crippen LogP contribution in [-0.4, -0.2) is 29.3 Å². The summed E-state index contributed by atoms with van der Waals surface area (Å²) in [6, 6.07) is 5.25. The van der Waals surface area contributed by atoms with Crippen LogP contribution in [0.2, 0.25) is 0 Å². The standard InChI is InChI=1S/C13H15BrN4O2/c1-20-10-2-3-12(14)11(6-10)13(19)16-4-5-18-8-9(15)7-17-18/h2-3,6-8H,4-5,15H2,1H3,(H,16,19). The molecule has 0 aliphatic carbocycles. The Bertz CT molecular complexity index is 612. The van der Waals surface area contributed by atoms with Gasteiger partial charge in [0.25, 0.3) is 5.91 Å². The number of nitrogens with zero attached hydrogens (tertiary/aromatic N) is 2. The van der Waals surface area contributed by atoms with Gasteiger partial charge >= 0.3 is 0 Å². The summed E-state index contributed by atoms with van der Waals surface area (Å²) in [6.45, 7) is 1.02. The fraction of sp³-hybridized carbons (Fsp3) is 0.231. The highest BCUT2D eigenvalue weighted by molar-refractivity contribution is 9.10. The molecular formula is C13H15BrN4O2. The van der Waals surface area contributed by atoms with E-state index in [0.29, 0.717) is 30.1 Å². The SMILES string of the molecule is COc1ccc(Br)c(C(=O)NCCn2cc(N)cn2)c1. The molecule has 2 rings (SSSR count). The van der Waals surface area contributed by atoms with Crippen LogP contribution in [0.3, 0.4) is 0 Å². The molecule has 1 heterocycles. The Kier molecular flexibility index (Phi) is 4.62. The molecule has 1 aromatic heterocycles. The number of hydrogen-bond donors (Lipinski definition) is 2. The molecule has 7 heteroatoms. The number of rotatable bonds is 5. The van der Waals surface area contributed by atoms with Gasteiger partial charge in [-0.2, -0.15) is 5.10 Å². The number of halogens is 1. The summed E-state index contributed by atoms with van der Waals surface area (Å²) in [5.41, 5.74) is 6.70. The summed E-state index contributed by atoms with van der Waals surface area (Å²) in [5.74, 6) is 0.467. The molecule has 0 unspecified atom stereocenters. The van der Waals surface area contributed by atoms with Gasteiger partial charge in [-0.05, 0) is 34.1 Å². The van der Waals surface area contributed by atoms with E-state index in [4.69, 9.17) is 10.5 Å². The number of benzene rings is 1. The summed E-state index contributed by atoms with van der Waals surface area (Å²) >= 11 is 3.35. The third kappa shape index (κ3) is 3.51. The van der Waals surface area contributed by atoms with Gasteiger partial charge in [-0.25, -0.2) is 0 Å². The number of methoxy groups -OCH3 is 1. The van der Waals surface area contributed by atoms with Gasteiger partial charge in [-0.15, -0.1) is 0 Å². The van der Waals surface area contributed by atoms with Crippen molar-refractivity contribution < 1.29 is 9.53 Å². The Hall–Kier alpha value is -2.02. The largest absolute Gasteiger partial charge is 0.497 e. The van der Waals surface area contributed by atoms with Crippen LogP contribution in [0.25, 0.3) is 0 Å². The van der Waals surface area contributed by atoms with Crippen LogP contribution in [0.5, 0.6) is 5.75 Å². The van der Waals surface area contributed by atoms with E-state index >= 15 is 0 Å². The number of aromatic nitrogens is 2. The monoisotopic (exact) mass is 338 g/mol. The fourth-order valence-electron chi connectivity index (χ4n) is 1.69. The highest BCUT2D eigenvalue weighted by atomic mass is 79.9. The summed E-state index contributed by atoms with van der Waals surface area (Å²) in [7, 11) is 1.56.